The Bertz CT molecular complexity index is 1690. The number of nitrogens with zero attached hydrogens (tertiary/aromatic N) is 1. The molecule has 11 heteroatoms. The average Bonchev–Trinajstić information content (AvgIpc) is 3.06. The Hall–Kier alpha value is -2.83. The van der Waals surface area contributed by atoms with Crippen LogP contribution in [0.1, 0.15) is 25.8 Å². The number of hydrogen-bond acceptors (Lipinski definition) is 5. The molecule has 3 aromatic rings. The van der Waals surface area contributed by atoms with Gasteiger partial charge in [0.15, 0.2) is 5.71 Å². The minimum Gasteiger partial charge on any atom is -0.361 e. The second-order valence-corrected chi connectivity index (χ2v) is 13.4. The van der Waals surface area contributed by atoms with Gasteiger partial charge in [-0.3, -0.25) is 9.11 Å². The van der Waals surface area contributed by atoms with Crippen LogP contribution in [0.5, 0.6) is 0 Å². The summed E-state index contributed by atoms with van der Waals surface area (Å²) in [7, 11) is -8.46. The lowest BCUT2D eigenvalue weighted by Crippen LogP contribution is -2.28. The second kappa shape index (κ2) is 10.7. The van der Waals surface area contributed by atoms with Crippen molar-refractivity contribution in [2.24, 2.45) is 0 Å². The molecule has 1 aliphatic rings. The first kappa shape index (κ1) is 28.2. The molecule has 0 aromatic heterocycles. The molecule has 3 aromatic carbocycles. The Morgan fingerprint density at radius 3 is 2.39 bits per heavy atom. The van der Waals surface area contributed by atoms with E-state index in [1.54, 1.807) is 12.1 Å². The highest BCUT2D eigenvalue weighted by Gasteiger charge is 2.45. The van der Waals surface area contributed by atoms with Gasteiger partial charge >= 0.3 is 0 Å². The van der Waals surface area contributed by atoms with Gasteiger partial charge in [-0.15, -0.1) is 0 Å². The Morgan fingerprint density at radius 1 is 1.03 bits per heavy atom. The molecule has 4 rings (SSSR count). The molecule has 1 aliphatic heterocycles. The molecule has 8 nitrogen and oxygen atoms in total. The lowest BCUT2D eigenvalue weighted by atomic mass is 9.79. The van der Waals surface area contributed by atoms with E-state index in [4.69, 9.17) is 0 Å². The maximum absolute atomic E-state index is 11.7. The summed E-state index contributed by atoms with van der Waals surface area (Å²) < 4.78 is 67.7. The fourth-order valence-corrected chi connectivity index (χ4v) is 6.03. The maximum Gasteiger partial charge on any atom is 0.294 e. The quantitative estimate of drug-likeness (QED) is 0.161. The van der Waals surface area contributed by atoms with Crippen molar-refractivity contribution in [2.45, 2.75) is 30.6 Å². The van der Waals surface area contributed by atoms with Gasteiger partial charge in [0.2, 0.25) is 5.69 Å². The summed E-state index contributed by atoms with van der Waals surface area (Å²) >= 11 is 3.57. The van der Waals surface area contributed by atoms with E-state index in [-0.39, 0.29) is 17.1 Å². The zero-order valence-electron chi connectivity index (χ0n) is 20.8. The molecule has 0 unspecified atom stereocenters. The van der Waals surface area contributed by atoms with E-state index in [1.807, 2.05) is 73.2 Å². The number of anilines is 1. The van der Waals surface area contributed by atoms with Crippen molar-refractivity contribution in [3.05, 3.63) is 89.1 Å². The lowest BCUT2D eigenvalue weighted by Gasteiger charge is -2.18. The van der Waals surface area contributed by atoms with Crippen LogP contribution in [-0.4, -0.2) is 48.5 Å². The monoisotopic (exact) mass is 619 g/mol. The molecule has 38 heavy (non-hydrogen) atoms. The Labute approximate surface area is 231 Å². The predicted molar refractivity (Wildman–Crippen MR) is 154 cm³/mol. The lowest BCUT2D eigenvalue weighted by molar-refractivity contribution is -0.437. The van der Waals surface area contributed by atoms with Gasteiger partial charge < -0.3 is 5.32 Å². The van der Waals surface area contributed by atoms with E-state index in [0.717, 1.165) is 32.5 Å². The smallest absolute Gasteiger partial charge is 0.294 e. The highest BCUT2D eigenvalue weighted by molar-refractivity contribution is 9.11. The SMILES string of the molecule is CC1(C)C(/C=C/C(Br)=C/Nc2ccccc2)=[N+](CCCS(=O)(=O)O)c2ccc3cc(S(=O)(=O)O)ccc3c21. The van der Waals surface area contributed by atoms with Gasteiger partial charge in [0.25, 0.3) is 20.2 Å². The third kappa shape index (κ3) is 6.24. The zero-order valence-corrected chi connectivity index (χ0v) is 24.0. The molecule has 3 N–H and O–H groups in total. The summed E-state index contributed by atoms with van der Waals surface area (Å²) in [6.07, 6.45) is 5.88. The molecule has 0 amide bonds. The van der Waals surface area contributed by atoms with Crippen molar-refractivity contribution < 1.29 is 30.5 Å². The van der Waals surface area contributed by atoms with Crippen molar-refractivity contribution >= 4 is 64.0 Å². The van der Waals surface area contributed by atoms with E-state index in [0.29, 0.717) is 11.9 Å². The standard InChI is InChI=1S/C27H27BrN2O6S2/c1-27(2)25(14-10-20(28)18-29-21-7-4-3-5-8-21)30(15-6-16-37(31,32)33)24-13-9-19-17-22(38(34,35)36)11-12-23(19)26(24)27/h3-5,7-14,17-18H,6,15-16H2,1-2H3,(H2,31,32,33,34,35,36)/p+1. The third-order valence-electron chi connectivity index (χ3n) is 6.45. The van der Waals surface area contributed by atoms with Crippen LogP contribution in [0.15, 0.2) is 88.4 Å². The van der Waals surface area contributed by atoms with Crippen molar-refractivity contribution in [1.29, 1.82) is 0 Å². The summed E-state index contributed by atoms with van der Waals surface area (Å²) in [4.78, 5) is -0.185. The van der Waals surface area contributed by atoms with Crippen LogP contribution in [-0.2, 0) is 25.7 Å². The molecule has 0 radical (unpaired) electrons. The first-order chi connectivity index (χ1) is 17.8. The molecule has 1 heterocycles. The molecule has 0 spiro atoms. The first-order valence-electron chi connectivity index (χ1n) is 11.8. The van der Waals surface area contributed by atoms with E-state index in [9.17, 15) is 25.9 Å². The van der Waals surface area contributed by atoms with Gasteiger partial charge in [-0.05, 0) is 77.0 Å². The summed E-state index contributed by atoms with van der Waals surface area (Å²) in [5, 5.41) is 4.69. The largest absolute Gasteiger partial charge is 0.361 e. The minimum atomic E-state index is -4.35. The van der Waals surface area contributed by atoms with Gasteiger partial charge in [0, 0.05) is 40.5 Å². The number of halogens is 1. The number of fused-ring (bicyclic) bond motifs is 3. The fourth-order valence-electron chi connectivity index (χ4n) is 4.77. The fraction of sp³-hybridized carbons (Fsp3) is 0.222. The highest BCUT2D eigenvalue weighted by Crippen LogP contribution is 2.44. The second-order valence-electron chi connectivity index (χ2n) is 9.49. The van der Waals surface area contributed by atoms with Crippen LogP contribution in [0.4, 0.5) is 11.4 Å². The maximum atomic E-state index is 11.7. The van der Waals surface area contributed by atoms with E-state index in [1.165, 1.54) is 12.1 Å². The number of nitrogens with one attached hydrogen (secondary N) is 1. The Kier molecular flexibility index (Phi) is 7.96. The summed E-state index contributed by atoms with van der Waals surface area (Å²) in [6.45, 7) is 4.43. The number of allylic oxidation sites excluding steroid dienone is 3. The zero-order chi connectivity index (χ0) is 27.7. The molecule has 0 fully saturated rings. The van der Waals surface area contributed by atoms with Crippen molar-refractivity contribution in [2.75, 3.05) is 17.6 Å². The number of para-hydroxylation sites is 1. The van der Waals surface area contributed by atoms with Gasteiger partial charge in [-0.2, -0.15) is 21.4 Å². The molecular formula is C27H28BrN2O6S2+. The topological polar surface area (TPSA) is 124 Å². The summed E-state index contributed by atoms with van der Waals surface area (Å²) in [6, 6.07) is 17.8. The first-order valence-corrected chi connectivity index (χ1v) is 15.6. The molecule has 0 aliphatic carbocycles. The minimum absolute atomic E-state index is 0.185. The van der Waals surface area contributed by atoms with Crippen molar-refractivity contribution in [3.8, 4) is 0 Å². The van der Waals surface area contributed by atoms with E-state index >= 15 is 0 Å². The average molecular weight is 621 g/mol. The van der Waals surface area contributed by atoms with Crippen molar-refractivity contribution in [3.63, 3.8) is 0 Å². The normalized spacial score (nSPS) is 15.9. The number of benzene rings is 3. The van der Waals surface area contributed by atoms with Crippen LogP contribution in [0, 0.1) is 0 Å². The predicted octanol–water partition coefficient (Wildman–Crippen LogP) is 5.65. The summed E-state index contributed by atoms with van der Waals surface area (Å²) in [5.41, 5.74) is 3.11. The molecular weight excluding hydrogens is 592 g/mol. The molecule has 0 bridgehead atoms. The van der Waals surface area contributed by atoms with E-state index in [2.05, 4.69) is 21.2 Å². The molecule has 0 atom stereocenters. The van der Waals surface area contributed by atoms with Crippen LogP contribution >= 0.6 is 15.9 Å². The van der Waals surface area contributed by atoms with Crippen molar-refractivity contribution in [1.82, 2.24) is 0 Å². The van der Waals surface area contributed by atoms with Gasteiger partial charge in [-0.25, -0.2) is 0 Å². The van der Waals surface area contributed by atoms with Crippen LogP contribution < -0.4 is 5.32 Å². The van der Waals surface area contributed by atoms with Gasteiger partial charge in [-0.1, -0.05) is 24.3 Å². The molecule has 200 valence electrons. The molecule has 0 saturated heterocycles. The third-order valence-corrected chi connectivity index (χ3v) is 8.60. The number of hydrogen-bond donors (Lipinski definition) is 3. The van der Waals surface area contributed by atoms with Crippen LogP contribution in [0.3, 0.4) is 0 Å². The van der Waals surface area contributed by atoms with Crippen LogP contribution in [0.25, 0.3) is 10.8 Å². The Balaban J connectivity index is 1.77. The van der Waals surface area contributed by atoms with Crippen LogP contribution in [0.2, 0.25) is 0 Å². The van der Waals surface area contributed by atoms with E-state index < -0.39 is 25.7 Å². The highest BCUT2D eigenvalue weighted by atomic mass is 79.9. The van der Waals surface area contributed by atoms with Gasteiger partial charge in [0.1, 0.15) is 6.54 Å². The van der Waals surface area contributed by atoms with Gasteiger partial charge in [0.05, 0.1) is 16.1 Å². The Morgan fingerprint density at radius 2 is 1.74 bits per heavy atom. The number of rotatable bonds is 9. The molecule has 0 saturated carbocycles. The summed E-state index contributed by atoms with van der Waals surface area (Å²) in [5.74, 6) is -0.369.